The SMILES string of the molecule is CC1OC1C(=O)Nc1c[nH]c(C(=O)N(C)c2c[nH]c(C(=O)N(C)CCC(=N)N)c2)c1.Cl. The number of amidine groups is 1. The van der Waals surface area contributed by atoms with Gasteiger partial charge in [0.05, 0.1) is 23.3 Å². The third-order valence-corrected chi connectivity index (χ3v) is 4.80. The van der Waals surface area contributed by atoms with E-state index in [-0.39, 0.29) is 54.2 Å². The van der Waals surface area contributed by atoms with Crippen molar-refractivity contribution in [3.8, 4) is 0 Å². The zero-order chi connectivity index (χ0) is 22.0. The minimum absolute atomic E-state index is 0. The molecule has 2 atom stereocenters. The Morgan fingerprint density at radius 2 is 1.77 bits per heavy atom. The standard InChI is InChI=1S/C19H25N7O4.ClH/c1-10-16(30-10)17(27)24-11-6-13(22-8-11)19(29)26(3)12-7-14(23-9-12)18(28)25(2)5-4-15(20)21;/h6-10,16,22-23H,4-5H2,1-3H3,(H3,20,21)(H,24,27);1H. The molecule has 1 aliphatic heterocycles. The number of nitrogens with two attached hydrogens (primary N) is 1. The van der Waals surface area contributed by atoms with Crippen LogP contribution in [0.4, 0.5) is 11.4 Å². The van der Waals surface area contributed by atoms with Crippen LogP contribution < -0.4 is 16.0 Å². The highest BCUT2D eigenvalue weighted by atomic mass is 35.5. The highest BCUT2D eigenvalue weighted by Gasteiger charge is 2.41. The largest absolute Gasteiger partial charge is 0.388 e. The Hall–Kier alpha value is -3.31. The number of carbonyl (C=O) groups is 3. The van der Waals surface area contributed by atoms with Gasteiger partial charge in [-0.15, -0.1) is 12.4 Å². The number of halogens is 1. The van der Waals surface area contributed by atoms with Gasteiger partial charge in [0, 0.05) is 39.5 Å². The van der Waals surface area contributed by atoms with Crippen LogP contribution in [0.15, 0.2) is 24.5 Å². The number of nitrogens with one attached hydrogen (secondary N) is 4. The summed E-state index contributed by atoms with van der Waals surface area (Å²) in [4.78, 5) is 45.6. The van der Waals surface area contributed by atoms with Gasteiger partial charge >= 0.3 is 0 Å². The third kappa shape index (κ3) is 5.64. The smallest absolute Gasteiger partial charge is 0.274 e. The van der Waals surface area contributed by atoms with Crippen molar-refractivity contribution in [2.45, 2.75) is 25.6 Å². The van der Waals surface area contributed by atoms with E-state index in [1.807, 2.05) is 6.92 Å². The number of ether oxygens (including phenoxy) is 1. The molecule has 168 valence electrons. The maximum atomic E-state index is 12.7. The number of amides is 3. The molecule has 0 aromatic carbocycles. The number of nitrogens with zero attached hydrogens (tertiary/aromatic N) is 2. The molecule has 0 bridgehead atoms. The maximum absolute atomic E-state index is 12.7. The number of aromatic amines is 2. The van der Waals surface area contributed by atoms with Crippen LogP contribution in [0.5, 0.6) is 0 Å². The Kier molecular flexibility index (Phi) is 7.47. The van der Waals surface area contributed by atoms with E-state index >= 15 is 0 Å². The van der Waals surface area contributed by atoms with Gasteiger partial charge in [0.15, 0.2) is 6.10 Å². The first-order valence-corrected chi connectivity index (χ1v) is 9.37. The predicted octanol–water partition coefficient (Wildman–Crippen LogP) is 1.17. The van der Waals surface area contributed by atoms with Gasteiger partial charge in [-0.25, -0.2) is 0 Å². The minimum Gasteiger partial charge on any atom is -0.388 e. The average molecular weight is 452 g/mol. The van der Waals surface area contributed by atoms with E-state index in [1.165, 1.54) is 22.1 Å². The Bertz CT molecular complexity index is 986. The lowest BCUT2D eigenvalue weighted by molar-refractivity contribution is -0.117. The van der Waals surface area contributed by atoms with Gasteiger partial charge in [-0.05, 0) is 19.1 Å². The van der Waals surface area contributed by atoms with Crippen LogP contribution in [0.1, 0.15) is 34.3 Å². The second-order valence-corrected chi connectivity index (χ2v) is 7.19. The van der Waals surface area contributed by atoms with Crippen molar-refractivity contribution in [1.29, 1.82) is 5.41 Å². The Labute approximate surface area is 185 Å². The number of aromatic nitrogens is 2. The molecule has 1 fully saturated rings. The second-order valence-electron chi connectivity index (χ2n) is 7.19. The summed E-state index contributed by atoms with van der Waals surface area (Å²) in [5.41, 5.74) is 6.89. The molecule has 0 aliphatic carbocycles. The van der Waals surface area contributed by atoms with Crippen LogP contribution >= 0.6 is 12.4 Å². The summed E-state index contributed by atoms with van der Waals surface area (Å²) in [5.74, 6) is -0.858. The van der Waals surface area contributed by atoms with Crippen molar-refractivity contribution in [3.05, 3.63) is 35.9 Å². The monoisotopic (exact) mass is 451 g/mol. The van der Waals surface area contributed by atoms with Gasteiger partial charge in [0.1, 0.15) is 11.4 Å². The van der Waals surface area contributed by atoms with Crippen molar-refractivity contribution in [2.24, 2.45) is 5.73 Å². The molecule has 0 radical (unpaired) electrons. The molecule has 2 unspecified atom stereocenters. The quantitative estimate of drug-likeness (QED) is 0.230. The number of rotatable bonds is 8. The van der Waals surface area contributed by atoms with Gasteiger partial charge in [-0.1, -0.05) is 0 Å². The number of epoxide rings is 1. The van der Waals surface area contributed by atoms with Crippen molar-refractivity contribution < 1.29 is 19.1 Å². The predicted molar refractivity (Wildman–Crippen MR) is 118 cm³/mol. The highest BCUT2D eigenvalue weighted by molar-refractivity contribution is 6.06. The third-order valence-electron chi connectivity index (χ3n) is 4.80. The number of hydrogen-bond acceptors (Lipinski definition) is 5. The van der Waals surface area contributed by atoms with Gasteiger partial charge in [0.25, 0.3) is 17.7 Å². The normalized spacial score (nSPS) is 16.7. The average Bonchev–Trinajstić information content (AvgIpc) is 3.11. The molecule has 11 nitrogen and oxygen atoms in total. The van der Waals surface area contributed by atoms with E-state index in [4.69, 9.17) is 15.9 Å². The number of carbonyl (C=O) groups excluding carboxylic acids is 3. The first-order chi connectivity index (χ1) is 14.2. The first-order valence-electron chi connectivity index (χ1n) is 9.37. The van der Waals surface area contributed by atoms with Gasteiger partial charge in [-0.3, -0.25) is 19.8 Å². The molecule has 2 aromatic rings. The highest BCUT2D eigenvalue weighted by Crippen LogP contribution is 2.23. The zero-order valence-corrected chi connectivity index (χ0v) is 18.2. The Morgan fingerprint density at radius 1 is 1.16 bits per heavy atom. The molecular weight excluding hydrogens is 426 g/mol. The molecule has 3 amide bonds. The number of hydrogen-bond donors (Lipinski definition) is 5. The van der Waals surface area contributed by atoms with Gasteiger partial charge < -0.3 is 35.6 Å². The van der Waals surface area contributed by atoms with Crippen LogP contribution in [0.2, 0.25) is 0 Å². The summed E-state index contributed by atoms with van der Waals surface area (Å²) in [5, 5.41) is 9.94. The molecule has 31 heavy (non-hydrogen) atoms. The Balaban J connectivity index is 0.00000341. The molecular formula is C19H26ClN7O4. The maximum Gasteiger partial charge on any atom is 0.274 e. The summed E-state index contributed by atoms with van der Waals surface area (Å²) in [7, 11) is 3.20. The molecule has 6 N–H and O–H groups in total. The van der Waals surface area contributed by atoms with Crippen LogP contribution in [0, 0.1) is 5.41 Å². The van der Waals surface area contributed by atoms with E-state index in [0.29, 0.717) is 23.6 Å². The molecule has 1 saturated heterocycles. The second kappa shape index (κ2) is 9.67. The summed E-state index contributed by atoms with van der Waals surface area (Å²) >= 11 is 0. The van der Waals surface area contributed by atoms with Crippen LogP contribution in [-0.2, 0) is 9.53 Å². The first kappa shape index (κ1) is 24.0. The van der Waals surface area contributed by atoms with E-state index in [1.54, 1.807) is 26.4 Å². The fraction of sp³-hybridized carbons (Fsp3) is 0.368. The van der Waals surface area contributed by atoms with E-state index in [0.717, 1.165) is 0 Å². The minimum atomic E-state index is -0.453. The lowest BCUT2D eigenvalue weighted by Gasteiger charge is -2.16. The molecule has 1 aliphatic rings. The molecule has 0 saturated carbocycles. The zero-order valence-electron chi connectivity index (χ0n) is 17.4. The van der Waals surface area contributed by atoms with Gasteiger partial charge in [0.2, 0.25) is 0 Å². The van der Waals surface area contributed by atoms with Crippen molar-refractivity contribution in [1.82, 2.24) is 14.9 Å². The lowest BCUT2D eigenvalue weighted by Crippen LogP contribution is -2.30. The number of H-pyrrole nitrogens is 2. The molecule has 2 aromatic heterocycles. The van der Waals surface area contributed by atoms with Crippen molar-refractivity contribution in [2.75, 3.05) is 30.9 Å². The summed E-state index contributed by atoms with van der Waals surface area (Å²) in [6.45, 7) is 2.13. The summed E-state index contributed by atoms with van der Waals surface area (Å²) in [6.07, 6.45) is 2.82. The van der Waals surface area contributed by atoms with E-state index in [9.17, 15) is 14.4 Å². The molecule has 0 spiro atoms. The molecule has 12 heteroatoms. The lowest BCUT2D eigenvalue weighted by atomic mass is 10.3. The van der Waals surface area contributed by atoms with Crippen LogP contribution in [0.25, 0.3) is 0 Å². The van der Waals surface area contributed by atoms with Crippen molar-refractivity contribution >= 4 is 47.3 Å². The van der Waals surface area contributed by atoms with Gasteiger partial charge in [-0.2, -0.15) is 0 Å². The molecule has 3 rings (SSSR count). The Morgan fingerprint density at radius 3 is 2.39 bits per heavy atom. The molecule has 3 heterocycles. The number of anilines is 2. The van der Waals surface area contributed by atoms with Crippen LogP contribution in [0.3, 0.4) is 0 Å². The van der Waals surface area contributed by atoms with Crippen molar-refractivity contribution in [3.63, 3.8) is 0 Å². The summed E-state index contributed by atoms with van der Waals surface area (Å²) < 4.78 is 5.12. The van der Waals surface area contributed by atoms with Crippen LogP contribution in [-0.4, -0.2) is 71.3 Å². The fourth-order valence-electron chi connectivity index (χ4n) is 2.86. The topological polar surface area (TPSA) is 164 Å². The van der Waals surface area contributed by atoms with E-state index < -0.39 is 6.10 Å². The van der Waals surface area contributed by atoms with E-state index in [2.05, 4.69) is 15.3 Å². The fourth-order valence-corrected chi connectivity index (χ4v) is 2.86. The summed E-state index contributed by atoms with van der Waals surface area (Å²) in [6, 6.07) is 3.11.